The first-order chi connectivity index (χ1) is 15.3. The largest absolute Gasteiger partial charge is 0.486 e. The number of carbonyl (C=O) groups is 3. The zero-order valence-electron chi connectivity index (χ0n) is 16.9. The molecular weight excluding hydrogens is 442 g/mol. The molecule has 2 N–H and O–H groups in total. The van der Waals surface area contributed by atoms with Gasteiger partial charge in [0.05, 0.1) is 10.7 Å². The van der Waals surface area contributed by atoms with Gasteiger partial charge in [-0.05, 0) is 24.6 Å². The molecule has 0 radical (unpaired) electrons. The van der Waals surface area contributed by atoms with Crippen LogP contribution in [0.3, 0.4) is 0 Å². The number of imide groups is 1. The Hall–Kier alpha value is -3.66. The molecule has 5 rings (SSSR count). The molecule has 0 aromatic heterocycles. The maximum Gasteiger partial charge on any atom is 0.325 e. The standard InChI is InChI=1S/C21H18ClN3O7/c1-21(11-2-3-14-15(6-11)30-5-4-29-14)19(27)25(20(28)24-21)9-18(26)23-13-8-17-16(7-12(13)22)31-10-32-17/h2-3,6-8H,4-5,9-10H2,1H3,(H,23,26)(H,24,28). The van der Waals surface area contributed by atoms with Crippen LogP contribution in [-0.4, -0.2) is 49.3 Å². The van der Waals surface area contributed by atoms with Crippen LogP contribution in [0.25, 0.3) is 0 Å². The summed E-state index contributed by atoms with van der Waals surface area (Å²) in [5, 5.41) is 5.50. The van der Waals surface area contributed by atoms with Crippen molar-refractivity contribution in [3.05, 3.63) is 40.9 Å². The van der Waals surface area contributed by atoms with E-state index in [0.717, 1.165) is 4.90 Å². The third kappa shape index (κ3) is 3.32. The Morgan fingerprint density at radius 1 is 1.06 bits per heavy atom. The van der Waals surface area contributed by atoms with E-state index in [1.807, 2.05) is 0 Å². The van der Waals surface area contributed by atoms with Crippen molar-refractivity contribution in [3.63, 3.8) is 0 Å². The van der Waals surface area contributed by atoms with Gasteiger partial charge in [0, 0.05) is 12.1 Å². The van der Waals surface area contributed by atoms with Gasteiger partial charge in [0.15, 0.2) is 23.0 Å². The number of fused-ring (bicyclic) bond motifs is 2. The molecule has 0 bridgehead atoms. The number of halogens is 1. The van der Waals surface area contributed by atoms with E-state index in [4.69, 9.17) is 30.5 Å². The lowest BCUT2D eigenvalue weighted by Gasteiger charge is -2.25. The second kappa shape index (κ2) is 7.49. The highest BCUT2D eigenvalue weighted by Crippen LogP contribution is 2.39. The summed E-state index contributed by atoms with van der Waals surface area (Å²) in [6.45, 7) is 1.97. The zero-order valence-corrected chi connectivity index (χ0v) is 17.7. The molecule has 0 spiro atoms. The SMILES string of the molecule is CC1(c2ccc3c(c2)OCCO3)NC(=O)N(CC(=O)Nc2cc3c(cc2Cl)OCO3)C1=O. The number of amides is 4. The fourth-order valence-electron chi connectivity index (χ4n) is 3.74. The van der Waals surface area contributed by atoms with Gasteiger partial charge in [0.2, 0.25) is 12.7 Å². The van der Waals surface area contributed by atoms with E-state index in [2.05, 4.69) is 10.6 Å². The maximum absolute atomic E-state index is 13.1. The number of anilines is 1. The average Bonchev–Trinajstić information content (AvgIpc) is 3.31. The van der Waals surface area contributed by atoms with Crippen molar-refractivity contribution in [2.45, 2.75) is 12.5 Å². The Morgan fingerprint density at radius 3 is 2.53 bits per heavy atom. The number of ether oxygens (including phenoxy) is 4. The predicted molar refractivity (Wildman–Crippen MR) is 111 cm³/mol. The van der Waals surface area contributed by atoms with Crippen LogP contribution in [0.2, 0.25) is 5.02 Å². The van der Waals surface area contributed by atoms with Crippen LogP contribution < -0.4 is 29.6 Å². The molecule has 32 heavy (non-hydrogen) atoms. The molecule has 3 aliphatic rings. The highest BCUT2D eigenvalue weighted by atomic mass is 35.5. The van der Waals surface area contributed by atoms with Crippen LogP contribution in [0.15, 0.2) is 30.3 Å². The molecule has 1 atom stereocenters. The van der Waals surface area contributed by atoms with Gasteiger partial charge in [-0.3, -0.25) is 14.5 Å². The number of hydrogen-bond acceptors (Lipinski definition) is 7. The van der Waals surface area contributed by atoms with E-state index in [1.165, 1.54) is 12.1 Å². The van der Waals surface area contributed by atoms with Crippen LogP contribution in [0, 0.1) is 0 Å². The molecule has 1 fully saturated rings. The third-order valence-electron chi connectivity index (χ3n) is 5.43. The van der Waals surface area contributed by atoms with Gasteiger partial charge in [-0.15, -0.1) is 0 Å². The van der Waals surface area contributed by atoms with Crippen molar-refractivity contribution in [2.75, 3.05) is 31.9 Å². The topological polar surface area (TPSA) is 115 Å². The Labute approximate surface area is 187 Å². The van der Waals surface area contributed by atoms with Gasteiger partial charge in [-0.2, -0.15) is 0 Å². The lowest BCUT2D eigenvalue weighted by atomic mass is 9.91. The summed E-state index contributed by atoms with van der Waals surface area (Å²) in [6, 6.07) is 7.38. The van der Waals surface area contributed by atoms with Crippen LogP contribution in [0.4, 0.5) is 10.5 Å². The van der Waals surface area contributed by atoms with Gasteiger partial charge in [-0.1, -0.05) is 17.7 Å². The molecular formula is C21H18ClN3O7. The van der Waals surface area contributed by atoms with Crippen LogP contribution in [0.1, 0.15) is 12.5 Å². The molecule has 0 saturated carbocycles. The number of carbonyl (C=O) groups excluding carboxylic acids is 3. The molecule has 166 valence electrons. The molecule has 0 aliphatic carbocycles. The molecule has 2 aromatic rings. The molecule has 10 nitrogen and oxygen atoms in total. The number of rotatable bonds is 4. The van der Waals surface area contributed by atoms with Crippen LogP contribution in [0.5, 0.6) is 23.0 Å². The number of nitrogens with one attached hydrogen (secondary N) is 2. The fraction of sp³-hybridized carbons (Fsp3) is 0.286. The Morgan fingerprint density at radius 2 is 1.75 bits per heavy atom. The van der Waals surface area contributed by atoms with E-state index in [1.54, 1.807) is 25.1 Å². The van der Waals surface area contributed by atoms with Gasteiger partial charge in [0.25, 0.3) is 5.91 Å². The van der Waals surface area contributed by atoms with Gasteiger partial charge < -0.3 is 29.6 Å². The average molecular weight is 460 g/mol. The first-order valence-electron chi connectivity index (χ1n) is 9.78. The first-order valence-corrected chi connectivity index (χ1v) is 10.2. The molecule has 1 unspecified atom stereocenters. The minimum Gasteiger partial charge on any atom is -0.486 e. The monoisotopic (exact) mass is 459 g/mol. The Balaban J connectivity index is 1.32. The second-order valence-electron chi connectivity index (χ2n) is 7.54. The van der Waals surface area contributed by atoms with Crippen molar-refractivity contribution in [1.29, 1.82) is 0 Å². The number of nitrogens with zero attached hydrogens (tertiary/aromatic N) is 1. The number of hydrogen-bond donors (Lipinski definition) is 2. The number of urea groups is 1. The van der Waals surface area contributed by atoms with Crippen molar-refractivity contribution in [3.8, 4) is 23.0 Å². The maximum atomic E-state index is 13.1. The smallest absolute Gasteiger partial charge is 0.325 e. The first kappa shape index (κ1) is 20.3. The van der Waals surface area contributed by atoms with E-state index >= 15 is 0 Å². The van der Waals surface area contributed by atoms with E-state index in [-0.39, 0.29) is 17.5 Å². The van der Waals surface area contributed by atoms with Crippen molar-refractivity contribution in [1.82, 2.24) is 10.2 Å². The lowest BCUT2D eigenvalue weighted by molar-refractivity contribution is -0.133. The predicted octanol–water partition coefficient (Wildman–Crippen LogP) is 2.25. The molecule has 11 heteroatoms. The fourth-order valence-corrected chi connectivity index (χ4v) is 3.94. The summed E-state index contributed by atoms with van der Waals surface area (Å²) in [7, 11) is 0. The summed E-state index contributed by atoms with van der Waals surface area (Å²) in [5.74, 6) is 0.804. The summed E-state index contributed by atoms with van der Waals surface area (Å²) in [4.78, 5) is 39.2. The summed E-state index contributed by atoms with van der Waals surface area (Å²) in [5.41, 5.74) is -0.562. The van der Waals surface area contributed by atoms with E-state index < -0.39 is 29.9 Å². The van der Waals surface area contributed by atoms with Crippen LogP contribution >= 0.6 is 11.6 Å². The van der Waals surface area contributed by atoms with E-state index in [9.17, 15) is 14.4 Å². The Bertz CT molecular complexity index is 1150. The highest BCUT2D eigenvalue weighted by molar-refractivity contribution is 6.34. The second-order valence-corrected chi connectivity index (χ2v) is 7.95. The normalized spacial score (nSPS) is 20.9. The quantitative estimate of drug-likeness (QED) is 0.674. The van der Waals surface area contributed by atoms with Gasteiger partial charge in [0.1, 0.15) is 25.3 Å². The van der Waals surface area contributed by atoms with Crippen molar-refractivity contribution in [2.24, 2.45) is 0 Å². The zero-order chi connectivity index (χ0) is 22.5. The molecule has 1 saturated heterocycles. The summed E-state index contributed by atoms with van der Waals surface area (Å²) in [6.07, 6.45) is 0. The Kier molecular flexibility index (Phi) is 4.74. The molecule has 4 amide bonds. The minimum absolute atomic E-state index is 0.0595. The number of benzene rings is 2. The van der Waals surface area contributed by atoms with Crippen LogP contribution in [-0.2, 0) is 15.1 Å². The summed E-state index contributed by atoms with van der Waals surface area (Å²) >= 11 is 6.18. The third-order valence-corrected chi connectivity index (χ3v) is 5.75. The lowest BCUT2D eigenvalue weighted by Crippen LogP contribution is -2.42. The van der Waals surface area contributed by atoms with Crippen molar-refractivity contribution < 1.29 is 33.3 Å². The molecule has 3 heterocycles. The summed E-state index contributed by atoms with van der Waals surface area (Å²) < 4.78 is 21.6. The minimum atomic E-state index is -1.36. The van der Waals surface area contributed by atoms with Crippen molar-refractivity contribution >= 4 is 35.1 Å². The van der Waals surface area contributed by atoms with Gasteiger partial charge in [-0.25, -0.2) is 4.79 Å². The molecule has 3 aliphatic heterocycles. The van der Waals surface area contributed by atoms with Gasteiger partial charge >= 0.3 is 6.03 Å². The highest BCUT2D eigenvalue weighted by Gasteiger charge is 2.49. The molecule has 2 aromatic carbocycles. The van der Waals surface area contributed by atoms with E-state index in [0.29, 0.717) is 41.8 Å².